The third kappa shape index (κ3) is 3.28. The van der Waals surface area contributed by atoms with Gasteiger partial charge in [0.15, 0.2) is 23.6 Å². The average molecular weight is 416 g/mol. The zero-order valence-corrected chi connectivity index (χ0v) is 16.1. The maximum absolute atomic E-state index is 13.5. The van der Waals surface area contributed by atoms with Crippen LogP contribution in [0.15, 0.2) is 84.9 Å². The minimum Gasteiger partial charge on any atom is -0.449 e. The van der Waals surface area contributed by atoms with E-state index < -0.39 is 29.5 Å². The molecule has 0 heterocycles. The number of hydrogen-bond donors (Lipinski definition) is 0. The van der Waals surface area contributed by atoms with Crippen molar-refractivity contribution >= 4 is 5.97 Å². The van der Waals surface area contributed by atoms with Gasteiger partial charge in [-0.3, -0.25) is 0 Å². The summed E-state index contributed by atoms with van der Waals surface area (Å²) in [6, 6.07) is 23.5. The normalized spacial score (nSPS) is 12.4. The molecule has 152 valence electrons. The summed E-state index contributed by atoms with van der Waals surface area (Å²) in [5.74, 6) is -4.56. The van der Waals surface area contributed by atoms with Crippen LogP contribution in [0.2, 0.25) is 0 Å². The number of benzene rings is 4. The van der Waals surface area contributed by atoms with Crippen LogP contribution in [0.25, 0.3) is 22.3 Å². The summed E-state index contributed by atoms with van der Waals surface area (Å²) in [6.45, 7) is 0. The van der Waals surface area contributed by atoms with Crippen LogP contribution in [0.1, 0.15) is 27.6 Å². The highest BCUT2D eigenvalue weighted by molar-refractivity contribution is 5.91. The van der Waals surface area contributed by atoms with E-state index >= 15 is 0 Å². The standard InChI is InChI=1S/C26H15F3O2/c27-22-13-17(14-23(28)24(22)29)15-9-11-16(12-10-15)26(30)31-25-20-7-3-1-5-18(20)19-6-2-4-8-21(19)25/h1-14,25H. The molecule has 0 bridgehead atoms. The van der Waals surface area contributed by atoms with E-state index in [4.69, 9.17) is 4.74 Å². The Morgan fingerprint density at radius 1 is 0.677 bits per heavy atom. The number of halogens is 3. The van der Waals surface area contributed by atoms with Crippen molar-refractivity contribution in [2.45, 2.75) is 6.10 Å². The molecule has 0 saturated heterocycles. The summed E-state index contributed by atoms with van der Waals surface area (Å²) in [6.07, 6.45) is -0.514. The van der Waals surface area contributed by atoms with Crippen LogP contribution >= 0.6 is 0 Å². The highest BCUT2D eigenvalue weighted by Crippen LogP contribution is 2.45. The molecule has 0 N–H and O–H groups in total. The number of carbonyl (C=O) groups is 1. The van der Waals surface area contributed by atoms with Gasteiger partial charge in [-0.25, -0.2) is 18.0 Å². The number of rotatable bonds is 3. The van der Waals surface area contributed by atoms with Gasteiger partial charge >= 0.3 is 5.97 Å². The minimum atomic E-state index is -1.51. The second kappa shape index (κ2) is 7.43. The van der Waals surface area contributed by atoms with Crippen LogP contribution in [0.5, 0.6) is 0 Å². The molecule has 0 aliphatic heterocycles. The molecule has 1 aliphatic carbocycles. The fraction of sp³-hybridized carbons (Fsp3) is 0.0385. The summed E-state index contributed by atoms with van der Waals surface area (Å²) in [5.41, 5.74) is 4.84. The summed E-state index contributed by atoms with van der Waals surface area (Å²) >= 11 is 0. The first-order valence-corrected chi connectivity index (χ1v) is 9.67. The summed E-state index contributed by atoms with van der Waals surface area (Å²) in [7, 11) is 0. The topological polar surface area (TPSA) is 26.3 Å². The first-order chi connectivity index (χ1) is 15.0. The van der Waals surface area contributed by atoms with Crippen molar-refractivity contribution in [3.05, 3.63) is 119 Å². The van der Waals surface area contributed by atoms with Crippen molar-refractivity contribution in [1.82, 2.24) is 0 Å². The predicted molar refractivity (Wildman–Crippen MR) is 111 cm³/mol. The van der Waals surface area contributed by atoms with Crippen molar-refractivity contribution < 1.29 is 22.7 Å². The molecule has 31 heavy (non-hydrogen) atoms. The molecule has 5 heteroatoms. The van der Waals surface area contributed by atoms with E-state index in [1.54, 1.807) is 12.1 Å². The fourth-order valence-corrected chi connectivity index (χ4v) is 3.93. The van der Waals surface area contributed by atoms with Gasteiger partial charge in [-0.15, -0.1) is 0 Å². The number of carbonyl (C=O) groups excluding carboxylic acids is 1. The number of fused-ring (bicyclic) bond motifs is 3. The lowest BCUT2D eigenvalue weighted by atomic mass is 10.0. The average Bonchev–Trinajstić information content (AvgIpc) is 3.11. The lowest BCUT2D eigenvalue weighted by molar-refractivity contribution is 0.0386. The van der Waals surface area contributed by atoms with E-state index in [0.717, 1.165) is 34.4 Å². The van der Waals surface area contributed by atoms with Gasteiger partial charge in [-0.05, 0) is 46.5 Å². The second-order valence-corrected chi connectivity index (χ2v) is 7.29. The van der Waals surface area contributed by atoms with Gasteiger partial charge in [0.25, 0.3) is 0 Å². The SMILES string of the molecule is O=C(OC1c2ccccc2-c2ccccc21)c1ccc(-c2cc(F)c(F)c(F)c2)cc1. The maximum atomic E-state index is 13.5. The smallest absolute Gasteiger partial charge is 0.339 e. The molecule has 0 saturated carbocycles. The Kier molecular flexibility index (Phi) is 4.59. The molecule has 4 aromatic carbocycles. The molecule has 0 atom stereocenters. The van der Waals surface area contributed by atoms with Gasteiger partial charge in [0.1, 0.15) is 0 Å². The summed E-state index contributed by atoms with van der Waals surface area (Å²) < 4.78 is 46.1. The fourth-order valence-electron chi connectivity index (χ4n) is 3.93. The van der Waals surface area contributed by atoms with Gasteiger partial charge < -0.3 is 4.74 Å². The van der Waals surface area contributed by atoms with Crippen molar-refractivity contribution in [2.24, 2.45) is 0 Å². The molecular formula is C26H15F3O2. The Bertz CT molecular complexity index is 1240. The molecular weight excluding hydrogens is 401 g/mol. The monoisotopic (exact) mass is 416 g/mol. The molecule has 0 spiro atoms. The molecule has 0 amide bonds. The first kappa shape index (κ1) is 19.1. The molecule has 0 fully saturated rings. The summed E-state index contributed by atoms with van der Waals surface area (Å²) in [5, 5.41) is 0. The third-order valence-electron chi connectivity index (χ3n) is 5.44. The van der Waals surface area contributed by atoms with E-state index in [9.17, 15) is 18.0 Å². The highest BCUT2D eigenvalue weighted by Gasteiger charge is 2.31. The molecule has 0 aromatic heterocycles. The van der Waals surface area contributed by atoms with Gasteiger partial charge in [-0.2, -0.15) is 0 Å². The predicted octanol–water partition coefficient (Wildman–Crippen LogP) is 6.70. The summed E-state index contributed by atoms with van der Waals surface area (Å²) in [4.78, 5) is 12.8. The van der Waals surface area contributed by atoms with Crippen molar-refractivity contribution in [2.75, 3.05) is 0 Å². The number of ether oxygens (including phenoxy) is 1. The highest BCUT2D eigenvalue weighted by atomic mass is 19.2. The number of hydrogen-bond acceptors (Lipinski definition) is 2. The van der Waals surface area contributed by atoms with E-state index in [0.29, 0.717) is 11.1 Å². The van der Waals surface area contributed by atoms with Crippen LogP contribution in [-0.2, 0) is 4.74 Å². The Labute approximate surface area is 176 Å². The minimum absolute atomic E-state index is 0.176. The van der Waals surface area contributed by atoms with Crippen LogP contribution in [0.3, 0.4) is 0 Å². The van der Waals surface area contributed by atoms with E-state index in [-0.39, 0.29) is 5.56 Å². The Hall–Kier alpha value is -3.86. The Balaban J connectivity index is 1.42. The van der Waals surface area contributed by atoms with E-state index in [2.05, 4.69) is 0 Å². The van der Waals surface area contributed by atoms with Crippen LogP contribution in [0, 0.1) is 17.5 Å². The van der Waals surface area contributed by atoms with Gasteiger partial charge in [0.2, 0.25) is 0 Å². The van der Waals surface area contributed by atoms with E-state index in [1.807, 2.05) is 48.5 Å². The van der Waals surface area contributed by atoms with Gasteiger partial charge in [-0.1, -0.05) is 60.7 Å². The molecule has 2 nitrogen and oxygen atoms in total. The lowest BCUT2D eigenvalue weighted by Crippen LogP contribution is -2.11. The van der Waals surface area contributed by atoms with Crippen LogP contribution in [-0.4, -0.2) is 5.97 Å². The van der Waals surface area contributed by atoms with Gasteiger partial charge in [0, 0.05) is 11.1 Å². The zero-order valence-electron chi connectivity index (χ0n) is 16.1. The largest absolute Gasteiger partial charge is 0.449 e. The molecule has 0 radical (unpaired) electrons. The quantitative estimate of drug-likeness (QED) is 0.274. The molecule has 4 aromatic rings. The van der Waals surface area contributed by atoms with E-state index in [1.165, 1.54) is 12.1 Å². The zero-order chi connectivity index (χ0) is 21.5. The number of esters is 1. The van der Waals surface area contributed by atoms with Crippen molar-refractivity contribution in [1.29, 1.82) is 0 Å². The maximum Gasteiger partial charge on any atom is 0.339 e. The second-order valence-electron chi connectivity index (χ2n) is 7.29. The molecule has 1 aliphatic rings. The van der Waals surface area contributed by atoms with Crippen LogP contribution < -0.4 is 0 Å². The Morgan fingerprint density at radius 2 is 1.19 bits per heavy atom. The third-order valence-corrected chi connectivity index (χ3v) is 5.44. The Morgan fingerprint density at radius 3 is 1.74 bits per heavy atom. The van der Waals surface area contributed by atoms with Gasteiger partial charge in [0.05, 0.1) is 5.56 Å². The van der Waals surface area contributed by atoms with Crippen LogP contribution in [0.4, 0.5) is 13.2 Å². The first-order valence-electron chi connectivity index (χ1n) is 9.67. The van der Waals surface area contributed by atoms with Crippen molar-refractivity contribution in [3.8, 4) is 22.3 Å². The van der Waals surface area contributed by atoms with Crippen molar-refractivity contribution in [3.63, 3.8) is 0 Å². The molecule has 5 rings (SSSR count). The molecule has 0 unspecified atom stereocenters. The lowest BCUT2D eigenvalue weighted by Gasteiger charge is -2.15.